The van der Waals surface area contributed by atoms with E-state index in [0.717, 1.165) is 0 Å². The maximum Gasteiger partial charge on any atom is 0.139 e. The number of H-pyrrole nitrogens is 1. The summed E-state index contributed by atoms with van der Waals surface area (Å²) in [7, 11) is 0. The lowest BCUT2D eigenvalue weighted by Crippen LogP contribution is -2.04. The summed E-state index contributed by atoms with van der Waals surface area (Å²) in [4.78, 5) is 6.83. The Kier molecular flexibility index (Phi) is 3.35. The van der Waals surface area contributed by atoms with E-state index in [1.54, 1.807) is 30.6 Å². The Hall–Kier alpha value is -1.94. The van der Waals surface area contributed by atoms with Crippen molar-refractivity contribution >= 4 is 6.08 Å². The second kappa shape index (κ2) is 4.93. The largest absolute Gasteiger partial charge is 0.380 e. The van der Waals surface area contributed by atoms with Gasteiger partial charge in [-0.05, 0) is 30.2 Å². The number of halogens is 1. The molecule has 0 spiro atoms. The quantitative estimate of drug-likeness (QED) is 0.854. The van der Waals surface area contributed by atoms with Gasteiger partial charge in [-0.25, -0.2) is 9.37 Å². The fraction of sp³-hybridized carbons (Fsp3) is 0.154. The molecule has 1 unspecified atom stereocenters. The van der Waals surface area contributed by atoms with Crippen LogP contribution >= 0.6 is 0 Å². The molecule has 88 valence electrons. The minimum atomic E-state index is -0.878. The first-order chi connectivity index (χ1) is 8.22. The molecule has 17 heavy (non-hydrogen) atoms. The van der Waals surface area contributed by atoms with Crippen molar-refractivity contribution < 1.29 is 9.50 Å². The summed E-state index contributed by atoms with van der Waals surface area (Å²) >= 11 is 0. The van der Waals surface area contributed by atoms with Gasteiger partial charge in [0.1, 0.15) is 17.7 Å². The molecule has 0 aliphatic carbocycles. The Balaban J connectivity index is 2.44. The molecule has 3 nitrogen and oxygen atoms in total. The number of nitrogens with one attached hydrogen (secondary N) is 1. The Bertz CT molecular complexity index is 520. The lowest BCUT2D eigenvalue weighted by molar-refractivity contribution is 0.210. The summed E-state index contributed by atoms with van der Waals surface area (Å²) in [6.45, 7) is 1.84. The van der Waals surface area contributed by atoms with Crippen molar-refractivity contribution in [1.82, 2.24) is 9.97 Å². The van der Waals surface area contributed by atoms with Gasteiger partial charge in [-0.1, -0.05) is 18.2 Å². The zero-order valence-corrected chi connectivity index (χ0v) is 9.39. The van der Waals surface area contributed by atoms with Crippen LogP contribution in [0.3, 0.4) is 0 Å². The van der Waals surface area contributed by atoms with Crippen LogP contribution in [0.4, 0.5) is 4.39 Å². The topological polar surface area (TPSA) is 48.9 Å². The molecule has 2 aromatic rings. The van der Waals surface area contributed by atoms with E-state index < -0.39 is 6.10 Å². The molecule has 1 aromatic carbocycles. The summed E-state index contributed by atoms with van der Waals surface area (Å²) in [5.41, 5.74) is 1.27. The average Bonchev–Trinajstić information content (AvgIpc) is 2.82. The van der Waals surface area contributed by atoms with Gasteiger partial charge >= 0.3 is 0 Å². The van der Waals surface area contributed by atoms with E-state index in [2.05, 4.69) is 9.97 Å². The van der Waals surface area contributed by atoms with Crippen molar-refractivity contribution in [3.05, 3.63) is 59.4 Å². The van der Waals surface area contributed by atoms with Gasteiger partial charge in [0.15, 0.2) is 0 Å². The van der Waals surface area contributed by atoms with Crippen LogP contribution < -0.4 is 0 Å². The predicted octanol–water partition coefficient (Wildman–Crippen LogP) is 2.66. The number of imidazole rings is 1. The van der Waals surface area contributed by atoms with Crippen LogP contribution in [0.2, 0.25) is 0 Å². The Labute approximate surface area is 98.6 Å². The third-order valence-electron chi connectivity index (χ3n) is 2.47. The number of benzene rings is 1. The summed E-state index contributed by atoms with van der Waals surface area (Å²) in [6, 6.07) is 4.29. The number of aliphatic hydroxyl groups is 1. The molecule has 1 aromatic heterocycles. The first-order valence-corrected chi connectivity index (χ1v) is 5.32. The van der Waals surface area contributed by atoms with Gasteiger partial charge in [0.2, 0.25) is 0 Å². The molecule has 4 heteroatoms. The fourth-order valence-electron chi connectivity index (χ4n) is 1.69. The maximum absolute atomic E-state index is 13.1. The molecule has 1 atom stereocenters. The number of aliphatic hydroxyl groups excluding tert-OH is 1. The number of nitrogens with zero attached hydrogens (tertiary/aromatic N) is 1. The molecule has 0 radical (unpaired) electrons. The fourth-order valence-corrected chi connectivity index (χ4v) is 1.69. The highest BCUT2D eigenvalue weighted by molar-refractivity contribution is 5.55. The van der Waals surface area contributed by atoms with Gasteiger partial charge < -0.3 is 10.1 Å². The highest BCUT2D eigenvalue weighted by Gasteiger charge is 2.15. The van der Waals surface area contributed by atoms with Crippen LogP contribution in [0.5, 0.6) is 0 Å². The van der Waals surface area contributed by atoms with Crippen molar-refractivity contribution in [2.45, 2.75) is 13.0 Å². The summed E-state index contributed by atoms with van der Waals surface area (Å²) in [5.74, 6) is 0.121. The van der Waals surface area contributed by atoms with E-state index in [-0.39, 0.29) is 5.82 Å². The predicted molar refractivity (Wildman–Crippen MR) is 63.8 cm³/mol. The van der Waals surface area contributed by atoms with Crippen molar-refractivity contribution in [3.63, 3.8) is 0 Å². The number of aromatic nitrogens is 2. The minimum absolute atomic E-state index is 0.325. The Morgan fingerprint density at radius 1 is 1.47 bits per heavy atom. The van der Waals surface area contributed by atoms with E-state index in [0.29, 0.717) is 17.0 Å². The number of allylic oxidation sites excluding steroid dienone is 1. The average molecular weight is 232 g/mol. The van der Waals surface area contributed by atoms with Crippen LogP contribution in [-0.2, 0) is 0 Å². The maximum atomic E-state index is 13.1. The first-order valence-electron chi connectivity index (χ1n) is 5.32. The van der Waals surface area contributed by atoms with Gasteiger partial charge in [0.05, 0.1) is 0 Å². The van der Waals surface area contributed by atoms with E-state index in [4.69, 9.17) is 0 Å². The smallest absolute Gasteiger partial charge is 0.139 e. The molecular weight excluding hydrogens is 219 g/mol. The number of aromatic amines is 1. The van der Waals surface area contributed by atoms with Crippen molar-refractivity contribution in [3.8, 4) is 0 Å². The minimum Gasteiger partial charge on any atom is -0.380 e. The van der Waals surface area contributed by atoms with Crippen LogP contribution in [-0.4, -0.2) is 15.1 Å². The number of rotatable bonds is 3. The van der Waals surface area contributed by atoms with Gasteiger partial charge in [0, 0.05) is 12.4 Å². The molecule has 2 rings (SSSR count). The zero-order chi connectivity index (χ0) is 12.3. The summed E-state index contributed by atoms with van der Waals surface area (Å²) < 4.78 is 13.1. The van der Waals surface area contributed by atoms with Crippen LogP contribution in [0.1, 0.15) is 30.0 Å². The molecule has 2 N–H and O–H groups in total. The third-order valence-corrected chi connectivity index (χ3v) is 2.47. The van der Waals surface area contributed by atoms with E-state index >= 15 is 0 Å². The van der Waals surface area contributed by atoms with Crippen molar-refractivity contribution in [2.24, 2.45) is 0 Å². The first kappa shape index (κ1) is 11.5. The monoisotopic (exact) mass is 232 g/mol. The number of hydrogen-bond acceptors (Lipinski definition) is 2. The second-order valence-electron chi connectivity index (χ2n) is 3.65. The normalized spacial score (nSPS) is 13.1. The highest BCUT2D eigenvalue weighted by Crippen LogP contribution is 2.24. The second-order valence-corrected chi connectivity index (χ2v) is 3.65. The van der Waals surface area contributed by atoms with Gasteiger partial charge in [-0.15, -0.1) is 0 Å². The van der Waals surface area contributed by atoms with E-state index in [9.17, 15) is 9.50 Å². The highest BCUT2D eigenvalue weighted by atomic mass is 19.1. The van der Waals surface area contributed by atoms with Crippen molar-refractivity contribution in [2.75, 3.05) is 0 Å². The third kappa shape index (κ3) is 2.42. The van der Waals surface area contributed by atoms with Gasteiger partial charge in [-0.2, -0.15) is 0 Å². The summed E-state index contributed by atoms with van der Waals surface area (Å²) in [6.07, 6.45) is 5.88. The molecule has 0 saturated heterocycles. The van der Waals surface area contributed by atoms with Crippen molar-refractivity contribution in [1.29, 1.82) is 0 Å². The zero-order valence-electron chi connectivity index (χ0n) is 9.39. The Morgan fingerprint density at radius 2 is 2.29 bits per heavy atom. The summed E-state index contributed by atoms with van der Waals surface area (Å²) in [5, 5.41) is 10.1. The van der Waals surface area contributed by atoms with Crippen LogP contribution in [0.25, 0.3) is 6.08 Å². The molecular formula is C13H13FN2O. The van der Waals surface area contributed by atoms with E-state index in [1.807, 2.05) is 6.92 Å². The SMILES string of the molecule is C/C=C/c1cc(F)ccc1C(O)c1ncc[nH]1. The van der Waals surface area contributed by atoms with Crippen LogP contribution in [0, 0.1) is 5.82 Å². The Morgan fingerprint density at radius 3 is 2.94 bits per heavy atom. The molecule has 0 bridgehead atoms. The molecule has 0 fully saturated rings. The van der Waals surface area contributed by atoms with Gasteiger partial charge in [-0.3, -0.25) is 0 Å². The molecule has 0 saturated carbocycles. The lowest BCUT2D eigenvalue weighted by Gasteiger charge is -2.11. The standard InChI is InChI=1S/C13H13FN2O/c1-2-3-9-8-10(14)4-5-11(9)12(17)13-15-6-7-16-13/h2-8,12,17H,1H3,(H,15,16)/b3-2+. The molecule has 0 amide bonds. The number of hydrogen-bond donors (Lipinski definition) is 2. The molecule has 1 heterocycles. The molecule has 0 aliphatic heterocycles. The van der Waals surface area contributed by atoms with Crippen LogP contribution in [0.15, 0.2) is 36.7 Å². The van der Waals surface area contributed by atoms with E-state index in [1.165, 1.54) is 12.1 Å². The van der Waals surface area contributed by atoms with Gasteiger partial charge in [0.25, 0.3) is 0 Å². The molecule has 0 aliphatic rings. The lowest BCUT2D eigenvalue weighted by atomic mass is 10.0.